The monoisotopic (exact) mass is 348 g/mol. The largest absolute Gasteiger partial charge is 0.508 e. The van der Waals surface area contributed by atoms with Gasteiger partial charge in [-0.2, -0.15) is 0 Å². The standard InChI is InChI=1S/C21H20N2OS/c1-14-8-10-15(11-9-14)21-22-17(16-5-2-3-6-19(16)24)13-18(23-21)20-7-4-12-25-20/h2-13,17,21-24H,1H3. The molecule has 0 amide bonds. The Hall–Kier alpha value is -2.56. The molecule has 0 fully saturated rings. The summed E-state index contributed by atoms with van der Waals surface area (Å²) < 4.78 is 0. The van der Waals surface area contributed by atoms with Gasteiger partial charge in [-0.05, 0) is 36.1 Å². The van der Waals surface area contributed by atoms with Gasteiger partial charge in [0.25, 0.3) is 0 Å². The highest BCUT2D eigenvalue weighted by atomic mass is 32.1. The summed E-state index contributed by atoms with van der Waals surface area (Å²) in [6.07, 6.45) is 2.12. The van der Waals surface area contributed by atoms with E-state index in [2.05, 4.69) is 65.4 Å². The second-order valence-corrected chi connectivity index (χ2v) is 7.20. The van der Waals surface area contributed by atoms with Crippen LogP contribution >= 0.6 is 11.3 Å². The molecule has 25 heavy (non-hydrogen) atoms. The molecule has 0 spiro atoms. The molecule has 1 aromatic heterocycles. The number of aromatic hydroxyl groups is 1. The van der Waals surface area contributed by atoms with Crippen LogP contribution in [0.2, 0.25) is 0 Å². The van der Waals surface area contributed by atoms with E-state index < -0.39 is 0 Å². The Morgan fingerprint density at radius 1 is 0.960 bits per heavy atom. The van der Waals surface area contributed by atoms with Gasteiger partial charge < -0.3 is 10.4 Å². The second kappa shape index (κ2) is 6.75. The van der Waals surface area contributed by atoms with Crippen LogP contribution in [0.5, 0.6) is 5.75 Å². The maximum Gasteiger partial charge on any atom is 0.120 e. The molecule has 0 saturated heterocycles. The molecule has 4 heteroatoms. The van der Waals surface area contributed by atoms with E-state index in [0.717, 1.165) is 11.3 Å². The van der Waals surface area contributed by atoms with Crippen molar-refractivity contribution < 1.29 is 5.11 Å². The van der Waals surface area contributed by atoms with Crippen molar-refractivity contribution in [2.24, 2.45) is 0 Å². The lowest BCUT2D eigenvalue weighted by Gasteiger charge is -2.33. The Bertz CT molecular complexity index is 885. The molecular formula is C21H20N2OS. The molecular weight excluding hydrogens is 328 g/mol. The number of phenolic OH excluding ortho intramolecular Hbond substituents is 1. The van der Waals surface area contributed by atoms with Gasteiger partial charge in [0.2, 0.25) is 0 Å². The topological polar surface area (TPSA) is 44.3 Å². The van der Waals surface area contributed by atoms with E-state index in [9.17, 15) is 5.11 Å². The Morgan fingerprint density at radius 3 is 2.48 bits per heavy atom. The van der Waals surface area contributed by atoms with Gasteiger partial charge >= 0.3 is 0 Å². The maximum atomic E-state index is 10.3. The Kier molecular flexibility index (Phi) is 4.30. The van der Waals surface area contributed by atoms with Gasteiger partial charge in [0.1, 0.15) is 11.9 Å². The zero-order valence-electron chi connectivity index (χ0n) is 13.9. The minimum absolute atomic E-state index is 0.0210. The first-order valence-corrected chi connectivity index (χ1v) is 9.21. The number of nitrogens with one attached hydrogen (secondary N) is 2. The van der Waals surface area contributed by atoms with Crippen LogP contribution in [0.1, 0.15) is 33.8 Å². The average molecular weight is 348 g/mol. The van der Waals surface area contributed by atoms with E-state index in [-0.39, 0.29) is 12.2 Å². The van der Waals surface area contributed by atoms with E-state index in [4.69, 9.17) is 0 Å². The molecule has 2 aromatic carbocycles. The molecule has 0 radical (unpaired) electrons. The minimum atomic E-state index is -0.0640. The van der Waals surface area contributed by atoms with E-state index in [0.29, 0.717) is 5.75 Å². The number of thiophene rings is 1. The summed E-state index contributed by atoms with van der Waals surface area (Å²) in [4.78, 5) is 1.19. The summed E-state index contributed by atoms with van der Waals surface area (Å²) in [6, 6.07) is 20.1. The van der Waals surface area contributed by atoms with E-state index >= 15 is 0 Å². The van der Waals surface area contributed by atoms with Crippen LogP contribution in [-0.4, -0.2) is 5.11 Å². The minimum Gasteiger partial charge on any atom is -0.508 e. The molecule has 0 bridgehead atoms. The Balaban J connectivity index is 1.74. The lowest BCUT2D eigenvalue weighted by Crippen LogP contribution is -2.39. The maximum absolute atomic E-state index is 10.3. The van der Waals surface area contributed by atoms with Crippen molar-refractivity contribution in [1.29, 1.82) is 0 Å². The molecule has 0 saturated carbocycles. The molecule has 126 valence electrons. The SMILES string of the molecule is Cc1ccc(C2NC(c3cccs3)=CC(c3ccccc3O)N2)cc1. The number of hydrogen-bond acceptors (Lipinski definition) is 4. The average Bonchev–Trinajstić information content (AvgIpc) is 3.17. The summed E-state index contributed by atoms with van der Waals surface area (Å²) in [5, 5.41) is 19.5. The molecule has 3 nitrogen and oxygen atoms in total. The first kappa shape index (κ1) is 15.9. The Labute approximate surface area is 151 Å². The normalized spacial score (nSPS) is 20.0. The van der Waals surface area contributed by atoms with Gasteiger partial charge in [-0.3, -0.25) is 5.32 Å². The van der Waals surface area contributed by atoms with Gasteiger partial charge in [0.05, 0.1) is 11.7 Å². The molecule has 1 aliphatic rings. The van der Waals surface area contributed by atoms with Crippen molar-refractivity contribution in [2.45, 2.75) is 19.1 Å². The Morgan fingerprint density at radius 2 is 1.76 bits per heavy atom. The van der Waals surface area contributed by atoms with Crippen LogP contribution in [0, 0.1) is 6.92 Å². The second-order valence-electron chi connectivity index (χ2n) is 6.25. The van der Waals surface area contributed by atoms with E-state index in [1.54, 1.807) is 17.4 Å². The van der Waals surface area contributed by atoms with Crippen molar-refractivity contribution in [3.05, 3.63) is 93.7 Å². The highest BCUT2D eigenvalue weighted by Crippen LogP contribution is 2.34. The fraction of sp³-hybridized carbons (Fsp3) is 0.143. The fourth-order valence-electron chi connectivity index (χ4n) is 3.09. The van der Waals surface area contributed by atoms with Crippen molar-refractivity contribution in [2.75, 3.05) is 0 Å². The van der Waals surface area contributed by atoms with Gasteiger partial charge in [-0.1, -0.05) is 54.1 Å². The van der Waals surface area contributed by atoms with Gasteiger partial charge in [0, 0.05) is 10.4 Å². The van der Waals surface area contributed by atoms with Crippen molar-refractivity contribution in [1.82, 2.24) is 10.6 Å². The van der Waals surface area contributed by atoms with Crippen molar-refractivity contribution in [3.8, 4) is 5.75 Å². The van der Waals surface area contributed by atoms with Crippen molar-refractivity contribution >= 4 is 17.0 Å². The summed E-state index contributed by atoms with van der Waals surface area (Å²) in [5.74, 6) is 0.311. The third-order valence-corrected chi connectivity index (χ3v) is 5.35. The number of benzene rings is 2. The number of para-hydroxylation sites is 1. The summed E-state index contributed by atoms with van der Waals surface area (Å²) in [7, 11) is 0. The van der Waals surface area contributed by atoms with Crippen LogP contribution in [0.4, 0.5) is 0 Å². The smallest absolute Gasteiger partial charge is 0.120 e. The highest BCUT2D eigenvalue weighted by Gasteiger charge is 2.25. The zero-order chi connectivity index (χ0) is 17.2. The molecule has 0 aliphatic carbocycles. The van der Waals surface area contributed by atoms with Crippen molar-refractivity contribution in [3.63, 3.8) is 0 Å². The third-order valence-electron chi connectivity index (χ3n) is 4.45. The van der Waals surface area contributed by atoms with Gasteiger partial charge in [0.15, 0.2) is 0 Å². The molecule has 2 atom stereocenters. The molecule has 2 heterocycles. The molecule has 3 N–H and O–H groups in total. The number of aryl methyl sites for hydroxylation is 1. The van der Waals surface area contributed by atoms with E-state index in [1.165, 1.54) is 16.0 Å². The van der Waals surface area contributed by atoms with Gasteiger partial charge in [-0.25, -0.2) is 0 Å². The molecule has 1 aliphatic heterocycles. The van der Waals surface area contributed by atoms with Crippen LogP contribution < -0.4 is 10.6 Å². The van der Waals surface area contributed by atoms with Gasteiger partial charge in [-0.15, -0.1) is 11.3 Å². The van der Waals surface area contributed by atoms with Crippen LogP contribution in [0.15, 0.2) is 72.1 Å². The molecule has 4 rings (SSSR count). The van der Waals surface area contributed by atoms with Crippen LogP contribution in [0.25, 0.3) is 5.70 Å². The summed E-state index contributed by atoms with van der Waals surface area (Å²) in [6.45, 7) is 2.09. The first-order chi connectivity index (χ1) is 12.2. The first-order valence-electron chi connectivity index (χ1n) is 8.33. The summed E-state index contributed by atoms with van der Waals surface area (Å²) >= 11 is 1.71. The highest BCUT2D eigenvalue weighted by molar-refractivity contribution is 7.11. The van der Waals surface area contributed by atoms with Crippen LogP contribution in [0.3, 0.4) is 0 Å². The van der Waals surface area contributed by atoms with Crippen LogP contribution in [-0.2, 0) is 0 Å². The number of rotatable bonds is 3. The number of hydrogen-bond donors (Lipinski definition) is 3. The summed E-state index contributed by atoms with van der Waals surface area (Å²) in [5.41, 5.74) is 4.39. The lowest BCUT2D eigenvalue weighted by atomic mass is 9.99. The zero-order valence-corrected chi connectivity index (χ0v) is 14.8. The quantitative estimate of drug-likeness (QED) is 0.641. The number of phenols is 1. The van der Waals surface area contributed by atoms with E-state index in [1.807, 2.05) is 18.2 Å². The molecule has 2 unspecified atom stereocenters. The third kappa shape index (κ3) is 3.31. The molecule has 3 aromatic rings. The predicted octanol–water partition coefficient (Wildman–Crippen LogP) is 4.74. The fourth-order valence-corrected chi connectivity index (χ4v) is 3.81. The lowest BCUT2D eigenvalue weighted by molar-refractivity contribution is 0.419. The predicted molar refractivity (Wildman–Crippen MR) is 103 cm³/mol.